The van der Waals surface area contributed by atoms with Crippen LogP contribution in [0.25, 0.3) is 17.4 Å². The number of hydrogen-bond acceptors (Lipinski definition) is 8. The largest absolute Gasteiger partial charge is 0.497 e. The molecule has 0 fully saturated rings. The second-order valence-corrected chi connectivity index (χ2v) is 10.5. The first-order valence-electron chi connectivity index (χ1n) is 12.1. The number of carbonyl (C=O) groups excluding carboxylic acids is 1. The van der Waals surface area contributed by atoms with Gasteiger partial charge in [-0.3, -0.25) is 9.36 Å². The first-order valence-corrected chi connectivity index (χ1v) is 13.7. The number of ether oxygens (including phenoxy) is 3. The SMILES string of the molecule is CCOC(=O)C1=C(C)N=c2sc(=Cc3ccc(-c4ccc(Br)cc4)o3)c(=O)n2C1c1cc(OC)ccc1OC. The number of halogens is 1. The van der Waals surface area contributed by atoms with Gasteiger partial charge in [-0.2, -0.15) is 0 Å². The second-order valence-electron chi connectivity index (χ2n) is 8.62. The highest BCUT2D eigenvalue weighted by Gasteiger charge is 2.35. The molecule has 200 valence electrons. The normalized spacial score (nSPS) is 15.1. The van der Waals surface area contributed by atoms with E-state index in [1.54, 1.807) is 45.2 Å². The molecule has 5 rings (SSSR count). The molecule has 1 aliphatic rings. The minimum absolute atomic E-state index is 0.182. The molecule has 0 amide bonds. The number of thiazole rings is 1. The van der Waals surface area contributed by atoms with Gasteiger partial charge in [-0.05, 0) is 56.3 Å². The predicted molar refractivity (Wildman–Crippen MR) is 152 cm³/mol. The first kappa shape index (κ1) is 26.7. The Morgan fingerprint density at radius 1 is 1.13 bits per heavy atom. The Labute approximate surface area is 236 Å². The van der Waals surface area contributed by atoms with Crippen LogP contribution in [0.5, 0.6) is 11.5 Å². The van der Waals surface area contributed by atoms with Gasteiger partial charge in [-0.25, -0.2) is 9.79 Å². The smallest absolute Gasteiger partial charge is 0.338 e. The summed E-state index contributed by atoms with van der Waals surface area (Å²) in [5.74, 6) is 1.71. The molecule has 0 saturated carbocycles. The number of nitrogens with zero attached hydrogens (tertiary/aromatic N) is 2. The molecule has 2 aromatic heterocycles. The summed E-state index contributed by atoms with van der Waals surface area (Å²) in [6.45, 7) is 3.65. The highest BCUT2D eigenvalue weighted by atomic mass is 79.9. The molecule has 8 nitrogen and oxygen atoms in total. The molecule has 0 radical (unpaired) electrons. The maximum atomic E-state index is 13.9. The number of methoxy groups -OCH3 is 2. The Bertz CT molecular complexity index is 1760. The standard InChI is InChI=1S/C29H25BrN2O6S/c1-5-37-28(34)25-16(2)31-29-32(26(25)21-14-19(35-3)10-13-23(21)36-4)27(33)24(39-29)15-20-11-12-22(38-20)17-6-8-18(30)9-7-17/h6-15,26H,5H2,1-4H3. The van der Waals surface area contributed by atoms with E-state index in [0.29, 0.717) is 43.6 Å². The number of furan rings is 1. The van der Waals surface area contributed by atoms with Crippen molar-refractivity contribution in [2.75, 3.05) is 20.8 Å². The van der Waals surface area contributed by atoms with E-state index in [2.05, 4.69) is 20.9 Å². The summed E-state index contributed by atoms with van der Waals surface area (Å²) < 4.78 is 25.4. The Hall–Kier alpha value is -3.89. The molecule has 10 heteroatoms. The van der Waals surface area contributed by atoms with Crippen molar-refractivity contribution < 1.29 is 23.4 Å². The van der Waals surface area contributed by atoms with Gasteiger partial charge < -0.3 is 18.6 Å². The molecule has 39 heavy (non-hydrogen) atoms. The molecule has 2 aromatic carbocycles. The van der Waals surface area contributed by atoms with Crippen LogP contribution < -0.4 is 24.4 Å². The molecular formula is C29H25BrN2O6S. The number of rotatable bonds is 7. The molecule has 0 aliphatic carbocycles. The minimum atomic E-state index is -0.831. The van der Waals surface area contributed by atoms with Crippen LogP contribution in [0.4, 0.5) is 0 Å². The van der Waals surface area contributed by atoms with Gasteiger partial charge in [0, 0.05) is 21.7 Å². The van der Waals surface area contributed by atoms with Crippen LogP contribution in [0, 0.1) is 0 Å². The summed E-state index contributed by atoms with van der Waals surface area (Å²) in [5.41, 5.74) is 1.91. The number of benzene rings is 2. The third-order valence-corrected chi connectivity index (χ3v) is 7.79. The lowest BCUT2D eigenvalue weighted by molar-refractivity contribution is -0.139. The third-order valence-electron chi connectivity index (χ3n) is 6.28. The third kappa shape index (κ3) is 5.09. The lowest BCUT2D eigenvalue weighted by Crippen LogP contribution is -2.40. The van der Waals surface area contributed by atoms with E-state index >= 15 is 0 Å². The average molecular weight is 609 g/mol. The van der Waals surface area contributed by atoms with Crippen LogP contribution in [-0.4, -0.2) is 31.4 Å². The summed E-state index contributed by atoms with van der Waals surface area (Å²) in [4.78, 5) is 32.1. The maximum Gasteiger partial charge on any atom is 0.338 e. The summed E-state index contributed by atoms with van der Waals surface area (Å²) in [6, 6.07) is 15.9. The van der Waals surface area contributed by atoms with Crippen LogP contribution >= 0.6 is 27.3 Å². The minimum Gasteiger partial charge on any atom is -0.497 e. The zero-order chi connectivity index (χ0) is 27.7. The summed E-state index contributed by atoms with van der Waals surface area (Å²) in [6.07, 6.45) is 1.69. The fourth-order valence-corrected chi connectivity index (χ4v) is 5.76. The van der Waals surface area contributed by atoms with Crippen molar-refractivity contribution in [3.63, 3.8) is 0 Å². The van der Waals surface area contributed by atoms with Crippen LogP contribution in [0.1, 0.15) is 31.2 Å². The van der Waals surface area contributed by atoms with Gasteiger partial charge in [-0.15, -0.1) is 0 Å². The van der Waals surface area contributed by atoms with Gasteiger partial charge in [0.1, 0.15) is 29.1 Å². The molecule has 1 unspecified atom stereocenters. The zero-order valence-corrected chi connectivity index (χ0v) is 24.1. The number of aromatic nitrogens is 1. The quantitative estimate of drug-likeness (QED) is 0.279. The van der Waals surface area contributed by atoms with Crippen molar-refractivity contribution in [2.24, 2.45) is 4.99 Å². The number of carbonyl (C=O) groups is 1. The van der Waals surface area contributed by atoms with Gasteiger partial charge in [0.05, 0.1) is 36.6 Å². The topological polar surface area (TPSA) is 92.3 Å². The monoisotopic (exact) mass is 608 g/mol. The van der Waals surface area contributed by atoms with Gasteiger partial charge in [0.2, 0.25) is 0 Å². The number of esters is 1. The van der Waals surface area contributed by atoms with Crippen LogP contribution in [-0.2, 0) is 9.53 Å². The van der Waals surface area contributed by atoms with E-state index < -0.39 is 12.0 Å². The fourth-order valence-electron chi connectivity index (χ4n) is 4.47. The molecule has 1 aliphatic heterocycles. The Kier molecular flexibility index (Phi) is 7.58. The lowest BCUT2D eigenvalue weighted by Gasteiger charge is -2.26. The van der Waals surface area contributed by atoms with Crippen molar-refractivity contribution in [3.05, 3.63) is 101 Å². The molecule has 0 spiro atoms. The first-order chi connectivity index (χ1) is 18.8. The molecule has 3 heterocycles. The average Bonchev–Trinajstić information content (AvgIpc) is 3.52. The maximum absolute atomic E-state index is 13.9. The Balaban J connectivity index is 1.68. The summed E-state index contributed by atoms with van der Waals surface area (Å²) >= 11 is 4.66. The number of hydrogen-bond donors (Lipinski definition) is 0. The summed E-state index contributed by atoms with van der Waals surface area (Å²) in [7, 11) is 3.09. The van der Waals surface area contributed by atoms with Crippen molar-refractivity contribution in [1.82, 2.24) is 4.57 Å². The Morgan fingerprint density at radius 3 is 2.59 bits per heavy atom. The van der Waals surface area contributed by atoms with E-state index in [9.17, 15) is 9.59 Å². The van der Waals surface area contributed by atoms with Gasteiger partial charge >= 0.3 is 5.97 Å². The van der Waals surface area contributed by atoms with E-state index in [1.165, 1.54) is 23.0 Å². The molecule has 4 aromatic rings. The fraction of sp³-hybridized carbons (Fsp3) is 0.207. The second kappa shape index (κ2) is 11.1. The summed E-state index contributed by atoms with van der Waals surface area (Å²) in [5, 5.41) is 0. The van der Waals surface area contributed by atoms with Gasteiger partial charge in [-0.1, -0.05) is 39.4 Å². The predicted octanol–water partition coefficient (Wildman–Crippen LogP) is 4.84. The highest BCUT2D eigenvalue weighted by Crippen LogP contribution is 2.37. The van der Waals surface area contributed by atoms with Crippen LogP contribution in [0.2, 0.25) is 0 Å². The van der Waals surface area contributed by atoms with Crippen molar-refractivity contribution in [2.45, 2.75) is 19.9 Å². The van der Waals surface area contributed by atoms with Gasteiger partial charge in [0.25, 0.3) is 5.56 Å². The van der Waals surface area contributed by atoms with E-state index in [-0.39, 0.29) is 17.7 Å². The number of allylic oxidation sites excluding steroid dienone is 1. The van der Waals surface area contributed by atoms with Crippen molar-refractivity contribution >= 4 is 39.3 Å². The number of fused-ring (bicyclic) bond motifs is 1. The van der Waals surface area contributed by atoms with E-state index in [1.807, 2.05) is 36.4 Å². The molecule has 0 N–H and O–H groups in total. The molecular weight excluding hydrogens is 584 g/mol. The molecule has 0 bridgehead atoms. The van der Waals surface area contributed by atoms with Crippen LogP contribution in [0.15, 0.2) is 84.5 Å². The highest BCUT2D eigenvalue weighted by molar-refractivity contribution is 9.10. The zero-order valence-electron chi connectivity index (χ0n) is 21.7. The van der Waals surface area contributed by atoms with E-state index in [0.717, 1.165) is 10.0 Å². The van der Waals surface area contributed by atoms with Gasteiger partial charge in [0.15, 0.2) is 4.80 Å². The van der Waals surface area contributed by atoms with Crippen molar-refractivity contribution in [3.8, 4) is 22.8 Å². The molecule has 1 atom stereocenters. The molecule has 0 saturated heterocycles. The van der Waals surface area contributed by atoms with Crippen molar-refractivity contribution in [1.29, 1.82) is 0 Å². The Morgan fingerprint density at radius 2 is 1.90 bits per heavy atom. The van der Waals surface area contributed by atoms with Crippen LogP contribution in [0.3, 0.4) is 0 Å². The lowest BCUT2D eigenvalue weighted by atomic mass is 9.95. The van der Waals surface area contributed by atoms with E-state index in [4.69, 9.17) is 18.6 Å².